The predicted molar refractivity (Wildman–Crippen MR) is 71.4 cm³/mol. The monoisotopic (exact) mass is 268 g/mol. The molecule has 2 heterocycles. The number of nitrogens with zero attached hydrogens (tertiary/aromatic N) is 1. The molecule has 3 aliphatic rings. The molecule has 0 aromatic heterocycles. The zero-order chi connectivity index (χ0) is 12.5. The number of thioether (sulfide) groups is 1. The van der Waals surface area contributed by atoms with Gasteiger partial charge in [-0.3, -0.25) is 14.5 Å². The van der Waals surface area contributed by atoms with Crippen LogP contribution in [0.15, 0.2) is 0 Å². The molecule has 2 saturated heterocycles. The fourth-order valence-electron chi connectivity index (χ4n) is 2.77. The van der Waals surface area contributed by atoms with Gasteiger partial charge < -0.3 is 5.32 Å². The first-order valence-electron chi connectivity index (χ1n) is 6.96. The number of rotatable bonds is 4. The molecule has 0 radical (unpaired) electrons. The zero-order valence-electron chi connectivity index (χ0n) is 10.6. The molecule has 0 aromatic carbocycles. The number of carbonyl (C=O) groups excluding carboxylic acids is 2. The highest BCUT2D eigenvalue weighted by Gasteiger charge is 2.45. The Morgan fingerprint density at radius 3 is 2.72 bits per heavy atom. The Bertz CT molecular complexity index is 351. The van der Waals surface area contributed by atoms with Gasteiger partial charge in [0.15, 0.2) is 0 Å². The van der Waals surface area contributed by atoms with Crippen LogP contribution >= 0.6 is 11.8 Å². The fourth-order valence-corrected chi connectivity index (χ4v) is 4.02. The van der Waals surface area contributed by atoms with Crippen molar-refractivity contribution in [2.45, 2.75) is 55.9 Å². The van der Waals surface area contributed by atoms with Crippen molar-refractivity contribution in [2.24, 2.45) is 0 Å². The van der Waals surface area contributed by atoms with Gasteiger partial charge in [0.1, 0.15) is 0 Å². The van der Waals surface area contributed by atoms with Gasteiger partial charge in [-0.05, 0) is 31.4 Å². The van der Waals surface area contributed by atoms with Crippen LogP contribution in [0.3, 0.4) is 0 Å². The van der Waals surface area contributed by atoms with Crippen LogP contribution in [0.1, 0.15) is 38.5 Å². The molecular formula is C13H20N2O2S. The summed E-state index contributed by atoms with van der Waals surface area (Å²) in [5.41, 5.74) is 0. The van der Waals surface area contributed by atoms with Crippen LogP contribution in [-0.4, -0.2) is 46.3 Å². The number of amides is 2. The third kappa shape index (κ3) is 2.57. The molecule has 1 N–H and O–H groups in total. The van der Waals surface area contributed by atoms with Crippen molar-refractivity contribution < 1.29 is 9.59 Å². The smallest absolute Gasteiger partial charge is 0.247 e. The van der Waals surface area contributed by atoms with Gasteiger partial charge in [-0.1, -0.05) is 6.42 Å². The van der Waals surface area contributed by atoms with Crippen molar-refractivity contribution >= 4 is 23.6 Å². The van der Waals surface area contributed by atoms with E-state index in [-0.39, 0.29) is 23.9 Å². The molecule has 3 fully saturated rings. The van der Waals surface area contributed by atoms with Crippen molar-refractivity contribution in [2.75, 3.05) is 12.3 Å². The number of likely N-dealkylation sites (tertiary alicyclic amines) is 1. The Morgan fingerprint density at radius 1 is 1.22 bits per heavy atom. The van der Waals surface area contributed by atoms with Crippen LogP contribution in [-0.2, 0) is 9.59 Å². The first-order valence-corrected chi connectivity index (χ1v) is 8.01. The number of nitrogens with one attached hydrogen (secondary N) is 1. The molecule has 0 aromatic rings. The van der Waals surface area contributed by atoms with E-state index >= 15 is 0 Å². The van der Waals surface area contributed by atoms with Crippen molar-refractivity contribution in [3.63, 3.8) is 0 Å². The summed E-state index contributed by atoms with van der Waals surface area (Å²) in [6, 6.07) is -0.0264. The van der Waals surface area contributed by atoms with Gasteiger partial charge >= 0.3 is 0 Å². The molecule has 2 unspecified atom stereocenters. The van der Waals surface area contributed by atoms with Crippen LogP contribution < -0.4 is 5.32 Å². The Kier molecular flexibility index (Phi) is 3.61. The van der Waals surface area contributed by atoms with Crippen LogP contribution in [0.25, 0.3) is 0 Å². The fraction of sp³-hybridized carbons (Fsp3) is 0.846. The molecule has 2 atom stereocenters. The van der Waals surface area contributed by atoms with E-state index in [1.807, 2.05) is 11.8 Å². The molecule has 0 bridgehead atoms. The second-order valence-electron chi connectivity index (χ2n) is 5.49. The Labute approximate surface area is 112 Å². The molecule has 3 rings (SSSR count). The molecule has 18 heavy (non-hydrogen) atoms. The van der Waals surface area contributed by atoms with Gasteiger partial charge in [-0.25, -0.2) is 0 Å². The number of hydrogen-bond acceptors (Lipinski definition) is 4. The molecule has 1 saturated carbocycles. The van der Waals surface area contributed by atoms with Gasteiger partial charge in [0.05, 0.1) is 12.5 Å². The van der Waals surface area contributed by atoms with Gasteiger partial charge in [0.25, 0.3) is 0 Å². The van der Waals surface area contributed by atoms with Gasteiger partial charge in [-0.15, -0.1) is 0 Å². The Balaban J connectivity index is 1.50. The maximum Gasteiger partial charge on any atom is 0.247 e. The standard InChI is InChI=1S/C13H20N2O2S/c16-12-7-11(13(17)15(12)9-4-5-9)14-8-10-3-1-2-6-18-10/h9-11,14H,1-8H2. The van der Waals surface area contributed by atoms with E-state index in [1.54, 1.807) is 0 Å². The Morgan fingerprint density at radius 2 is 2.06 bits per heavy atom. The lowest BCUT2D eigenvalue weighted by molar-refractivity contribution is -0.139. The van der Waals surface area contributed by atoms with E-state index in [0.29, 0.717) is 11.7 Å². The van der Waals surface area contributed by atoms with Crippen molar-refractivity contribution in [3.05, 3.63) is 0 Å². The van der Waals surface area contributed by atoms with E-state index in [2.05, 4.69) is 5.32 Å². The number of hydrogen-bond donors (Lipinski definition) is 1. The predicted octanol–water partition coefficient (Wildman–Crippen LogP) is 1.15. The number of carbonyl (C=O) groups is 2. The van der Waals surface area contributed by atoms with Gasteiger partial charge in [-0.2, -0.15) is 11.8 Å². The van der Waals surface area contributed by atoms with Crippen molar-refractivity contribution in [1.82, 2.24) is 10.2 Å². The first kappa shape index (κ1) is 12.5. The maximum absolute atomic E-state index is 12.1. The summed E-state index contributed by atoms with van der Waals surface area (Å²) >= 11 is 2.00. The topological polar surface area (TPSA) is 49.4 Å². The average Bonchev–Trinajstić information content (AvgIpc) is 3.16. The maximum atomic E-state index is 12.1. The third-order valence-electron chi connectivity index (χ3n) is 3.96. The lowest BCUT2D eigenvalue weighted by Crippen LogP contribution is -2.42. The summed E-state index contributed by atoms with van der Waals surface area (Å²) in [5, 5.41) is 3.93. The highest BCUT2D eigenvalue weighted by molar-refractivity contribution is 7.99. The van der Waals surface area contributed by atoms with Crippen LogP contribution in [0.4, 0.5) is 0 Å². The minimum absolute atomic E-state index is 0.0170. The van der Waals surface area contributed by atoms with Crippen LogP contribution in [0, 0.1) is 0 Å². The highest BCUT2D eigenvalue weighted by Crippen LogP contribution is 2.31. The summed E-state index contributed by atoms with van der Waals surface area (Å²) in [7, 11) is 0. The molecule has 2 aliphatic heterocycles. The molecule has 5 heteroatoms. The highest BCUT2D eigenvalue weighted by atomic mass is 32.2. The quantitative estimate of drug-likeness (QED) is 0.777. The van der Waals surface area contributed by atoms with E-state index in [9.17, 15) is 9.59 Å². The van der Waals surface area contributed by atoms with E-state index in [1.165, 1.54) is 29.9 Å². The summed E-state index contributed by atoms with van der Waals surface area (Å²) in [5.74, 6) is 1.28. The normalized spacial score (nSPS) is 33.2. The molecular weight excluding hydrogens is 248 g/mol. The largest absolute Gasteiger partial charge is 0.304 e. The summed E-state index contributed by atoms with van der Waals surface area (Å²) in [4.78, 5) is 25.4. The summed E-state index contributed by atoms with van der Waals surface area (Å²) in [6.45, 7) is 0.868. The molecule has 2 amide bonds. The summed E-state index contributed by atoms with van der Waals surface area (Å²) < 4.78 is 0. The van der Waals surface area contributed by atoms with Crippen LogP contribution in [0.5, 0.6) is 0 Å². The van der Waals surface area contributed by atoms with E-state index < -0.39 is 0 Å². The van der Waals surface area contributed by atoms with Crippen molar-refractivity contribution in [1.29, 1.82) is 0 Å². The first-order chi connectivity index (χ1) is 8.75. The zero-order valence-corrected chi connectivity index (χ0v) is 11.4. The molecule has 4 nitrogen and oxygen atoms in total. The number of imide groups is 1. The molecule has 1 aliphatic carbocycles. The van der Waals surface area contributed by atoms with Gasteiger partial charge in [0.2, 0.25) is 11.8 Å². The summed E-state index contributed by atoms with van der Waals surface area (Å²) in [6.07, 6.45) is 6.22. The second kappa shape index (κ2) is 5.21. The average molecular weight is 268 g/mol. The second-order valence-corrected chi connectivity index (χ2v) is 6.89. The minimum Gasteiger partial charge on any atom is -0.304 e. The minimum atomic E-state index is -0.249. The van der Waals surface area contributed by atoms with Gasteiger partial charge in [0, 0.05) is 17.8 Å². The van der Waals surface area contributed by atoms with E-state index in [0.717, 1.165) is 19.4 Å². The lowest BCUT2D eigenvalue weighted by atomic mass is 10.1. The Hall–Kier alpha value is -0.550. The SMILES string of the molecule is O=C1CC(NCC2CCCCS2)C(=O)N1C1CC1. The third-order valence-corrected chi connectivity index (χ3v) is 5.36. The van der Waals surface area contributed by atoms with Crippen LogP contribution in [0.2, 0.25) is 0 Å². The molecule has 100 valence electrons. The van der Waals surface area contributed by atoms with E-state index in [4.69, 9.17) is 0 Å². The lowest BCUT2D eigenvalue weighted by Gasteiger charge is -2.23. The molecule has 0 spiro atoms. The van der Waals surface area contributed by atoms with Crippen molar-refractivity contribution in [3.8, 4) is 0 Å².